The van der Waals surface area contributed by atoms with Gasteiger partial charge >= 0.3 is 0 Å². The van der Waals surface area contributed by atoms with Gasteiger partial charge in [0.15, 0.2) is 0 Å². The smallest absolute Gasteiger partial charge is 0.141 e. The molecule has 2 rings (SSSR count). The molecule has 0 aliphatic heterocycles. The number of aromatic nitrogens is 1. The van der Waals surface area contributed by atoms with Gasteiger partial charge in [0.2, 0.25) is 0 Å². The number of halogens is 1. The Morgan fingerprint density at radius 1 is 1.18 bits per heavy atom. The summed E-state index contributed by atoms with van der Waals surface area (Å²) in [7, 11) is 0. The van der Waals surface area contributed by atoms with Crippen molar-refractivity contribution in [3.63, 3.8) is 0 Å². The summed E-state index contributed by atoms with van der Waals surface area (Å²) in [6, 6.07) is 9.78. The Balaban J connectivity index is 2.21. The Morgan fingerprint density at radius 3 is 2.53 bits per heavy atom. The van der Waals surface area contributed by atoms with Gasteiger partial charge in [-0.2, -0.15) is 0 Å². The van der Waals surface area contributed by atoms with E-state index in [0.717, 1.165) is 9.79 Å². The lowest BCUT2D eigenvalue weighted by Gasteiger charge is -2.03. The molecule has 3 nitrogen and oxygen atoms in total. The number of pyridine rings is 1. The molecular formula is C12H10FN3S. The van der Waals surface area contributed by atoms with Crippen LogP contribution < -0.4 is 5.73 Å². The summed E-state index contributed by atoms with van der Waals surface area (Å²) in [5.74, 6) is -0.319. The summed E-state index contributed by atoms with van der Waals surface area (Å²) in [4.78, 5) is 5.81. The van der Waals surface area contributed by atoms with Crippen molar-refractivity contribution in [2.24, 2.45) is 5.73 Å². The van der Waals surface area contributed by atoms with E-state index in [4.69, 9.17) is 11.1 Å². The lowest BCUT2D eigenvalue weighted by atomic mass is 10.3. The number of nitrogens with zero attached hydrogens (tertiary/aromatic N) is 1. The molecule has 1 heterocycles. The minimum atomic E-state index is -0.256. The fourth-order valence-corrected chi connectivity index (χ4v) is 2.10. The van der Waals surface area contributed by atoms with Crippen molar-refractivity contribution in [1.29, 1.82) is 5.41 Å². The van der Waals surface area contributed by atoms with Crippen LogP contribution in [0.5, 0.6) is 0 Å². The molecule has 0 amide bonds. The molecule has 0 radical (unpaired) electrons. The van der Waals surface area contributed by atoms with Gasteiger partial charge in [-0.05, 0) is 36.4 Å². The zero-order valence-electron chi connectivity index (χ0n) is 8.85. The Hall–Kier alpha value is -1.88. The Kier molecular flexibility index (Phi) is 3.39. The van der Waals surface area contributed by atoms with E-state index in [2.05, 4.69) is 4.98 Å². The second kappa shape index (κ2) is 4.97. The van der Waals surface area contributed by atoms with Crippen LogP contribution in [-0.4, -0.2) is 10.8 Å². The molecule has 0 fully saturated rings. The molecule has 5 heteroatoms. The Morgan fingerprint density at radius 2 is 1.88 bits per heavy atom. The molecule has 86 valence electrons. The maximum absolute atomic E-state index is 12.7. The zero-order chi connectivity index (χ0) is 12.3. The van der Waals surface area contributed by atoms with Gasteiger partial charge in [-0.3, -0.25) is 10.4 Å². The van der Waals surface area contributed by atoms with E-state index in [9.17, 15) is 4.39 Å². The lowest BCUT2D eigenvalue weighted by molar-refractivity contribution is 0.626. The van der Waals surface area contributed by atoms with Gasteiger partial charge in [0.25, 0.3) is 0 Å². The maximum atomic E-state index is 12.7. The largest absolute Gasteiger partial charge is 0.382 e. The Labute approximate surface area is 102 Å². The summed E-state index contributed by atoms with van der Waals surface area (Å²) in [6.07, 6.45) is 1.60. The summed E-state index contributed by atoms with van der Waals surface area (Å²) in [5, 5.41) is 7.30. The zero-order valence-corrected chi connectivity index (χ0v) is 9.67. The van der Waals surface area contributed by atoms with Crippen molar-refractivity contribution in [3.05, 3.63) is 54.1 Å². The summed E-state index contributed by atoms with van der Waals surface area (Å²) in [6.45, 7) is 0. The average molecular weight is 247 g/mol. The minimum Gasteiger partial charge on any atom is -0.382 e. The standard InChI is InChI=1S/C12H10FN3S/c13-8-1-3-9(4-2-8)17-10-5-6-16-11(7-10)12(14)15/h1-7H,(H3,14,15). The van der Waals surface area contributed by atoms with E-state index in [1.54, 1.807) is 24.4 Å². The number of hydrogen-bond donors (Lipinski definition) is 2. The highest BCUT2D eigenvalue weighted by molar-refractivity contribution is 7.99. The van der Waals surface area contributed by atoms with Crippen LogP contribution in [0.3, 0.4) is 0 Å². The van der Waals surface area contributed by atoms with E-state index in [-0.39, 0.29) is 11.7 Å². The van der Waals surface area contributed by atoms with Crippen molar-refractivity contribution >= 4 is 17.6 Å². The van der Waals surface area contributed by atoms with Crippen LogP contribution in [0, 0.1) is 11.2 Å². The van der Waals surface area contributed by atoms with E-state index in [1.807, 2.05) is 6.07 Å². The van der Waals surface area contributed by atoms with Gasteiger partial charge in [0.1, 0.15) is 17.3 Å². The first kappa shape index (κ1) is 11.6. The topological polar surface area (TPSA) is 62.8 Å². The molecule has 0 aliphatic rings. The van der Waals surface area contributed by atoms with E-state index in [1.165, 1.54) is 23.9 Å². The van der Waals surface area contributed by atoms with Gasteiger partial charge in [-0.15, -0.1) is 0 Å². The highest BCUT2D eigenvalue weighted by Crippen LogP contribution is 2.27. The predicted molar refractivity (Wildman–Crippen MR) is 65.8 cm³/mol. The van der Waals surface area contributed by atoms with Gasteiger partial charge in [0, 0.05) is 16.0 Å². The molecule has 0 spiro atoms. The molecule has 0 atom stereocenters. The highest BCUT2D eigenvalue weighted by Gasteiger charge is 2.02. The van der Waals surface area contributed by atoms with Crippen LogP contribution in [0.4, 0.5) is 4.39 Å². The fraction of sp³-hybridized carbons (Fsp3) is 0. The number of nitrogens with one attached hydrogen (secondary N) is 1. The molecule has 0 saturated carbocycles. The number of benzene rings is 1. The number of rotatable bonds is 3. The van der Waals surface area contributed by atoms with Crippen LogP contribution in [0.15, 0.2) is 52.4 Å². The first-order valence-electron chi connectivity index (χ1n) is 4.89. The third-order valence-electron chi connectivity index (χ3n) is 2.06. The second-order valence-electron chi connectivity index (χ2n) is 3.35. The average Bonchev–Trinajstić information content (AvgIpc) is 2.32. The quantitative estimate of drug-likeness (QED) is 0.647. The molecule has 3 N–H and O–H groups in total. The van der Waals surface area contributed by atoms with Crippen LogP contribution in [0.25, 0.3) is 0 Å². The number of nitrogens with two attached hydrogens (primary N) is 1. The van der Waals surface area contributed by atoms with Crippen molar-refractivity contribution < 1.29 is 4.39 Å². The second-order valence-corrected chi connectivity index (χ2v) is 4.49. The van der Waals surface area contributed by atoms with Crippen LogP contribution in [-0.2, 0) is 0 Å². The van der Waals surface area contributed by atoms with Gasteiger partial charge < -0.3 is 5.73 Å². The summed E-state index contributed by atoms with van der Waals surface area (Å²) < 4.78 is 12.7. The van der Waals surface area contributed by atoms with E-state index >= 15 is 0 Å². The molecule has 0 bridgehead atoms. The molecule has 17 heavy (non-hydrogen) atoms. The molecule has 1 aromatic carbocycles. The van der Waals surface area contributed by atoms with Gasteiger partial charge in [-0.25, -0.2) is 4.39 Å². The summed E-state index contributed by atoms with van der Waals surface area (Å²) in [5.41, 5.74) is 5.80. The normalized spacial score (nSPS) is 10.2. The monoisotopic (exact) mass is 247 g/mol. The van der Waals surface area contributed by atoms with Crippen LogP contribution in [0.1, 0.15) is 5.69 Å². The SMILES string of the molecule is N=C(N)c1cc(Sc2ccc(F)cc2)ccn1. The van der Waals surface area contributed by atoms with Crippen molar-refractivity contribution in [2.45, 2.75) is 9.79 Å². The van der Waals surface area contributed by atoms with Crippen molar-refractivity contribution in [3.8, 4) is 0 Å². The van der Waals surface area contributed by atoms with Crippen LogP contribution in [0.2, 0.25) is 0 Å². The maximum Gasteiger partial charge on any atom is 0.141 e. The lowest BCUT2D eigenvalue weighted by Crippen LogP contribution is -2.12. The van der Waals surface area contributed by atoms with Crippen LogP contribution >= 0.6 is 11.8 Å². The van der Waals surface area contributed by atoms with Crippen molar-refractivity contribution in [2.75, 3.05) is 0 Å². The van der Waals surface area contributed by atoms with E-state index in [0.29, 0.717) is 5.69 Å². The number of amidine groups is 1. The van der Waals surface area contributed by atoms with Crippen molar-refractivity contribution in [1.82, 2.24) is 4.98 Å². The van der Waals surface area contributed by atoms with E-state index < -0.39 is 0 Å². The molecule has 0 unspecified atom stereocenters. The fourth-order valence-electron chi connectivity index (χ4n) is 1.26. The molecular weight excluding hydrogens is 237 g/mol. The molecule has 2 aromatic rings. The number of hydrogen-bond acceptors (Lipinski definition) is 3. The summed E-state index contributed by atoms with van der Waals surface area (Å²) >= 11 is 1.47. The third-order valence-corrected chi connectivity index (χ3v) is 3.05. The van der Waals surface area contributed by atoms with Gasteiger partial charge in [0.05, 0.1) is 0 Å². The minimum absolute atomic E-state index is 0.0634. The Bertz CT molecular complexity index is 540. The third kappa shape index (κ3) is 3.04. The molecule has 1 aromatic heterocycles. The molecule has 0 aliphatic carbocycles. The predicted octanol–water partition coefficient (Wildman–Crippen LogP) is 2.66. The first-order valence-corrected chi connectivity index (χ1v) is 5.70. The molecule has 0 saturated heterocycles. The van der Waals surface area contributed by atoms with Gasteiger partial charge in [-0.1, -0.05) is 11.8 Å². The highest BCUT2D eigenvalue weighted by atomic mass is 32.2. The number of nitrogen functional groups attached to an aromatic ring is 1. The first-order chi connectivity index (χ1) is 8.15.